The van der Waals surface area contributed by atoms with Gasteiger partial charge in [-0.15, -0.1) is 0 Å². The van der Waals surface area contributed by atoms with E-state index in [-0.39, 0.29) is 29.5 Å². The van der Waals surface area contributed by atoms with Crippen LogP contribution in [0.15, 0.2) is 12.2 Å². The fourth-order valence-corrected chi connectivity index (χ4v) is 2.95. The first-order valence-corrected chi connectivity index (χ1v) is 5.24. The van der Waals surface area contributed by atoms with Gasteiger partial charge in [0, 0.05) is 5.92 Å². The number of rotatable bonds is 2. The number of carbonyl (C=O) groups is 2. The molecule has 4 heteroatoms. The minimum atomic E-state index is -0.450. The van der Waals surface area contributed by atoms with Crippen LogP contribution in [0.4, 0.5) is 0 Å². The van der Waals surface area contributed by atoms with Crippen molar-refractivity contribution in [2.45, 2.75) is 19.8 Å². The number of fused-ring (bicyclic) bond motifs is 2. The molecule has 0 radical (unpaired) electrons. The van der Waals surface area contributed by atoms with Gasteiger partial charge in [0.25, 0.3) is 0 Å². The topological polar surface area (TPSA) is 69.4 Å². The van der Waals surface area contributed by atoms with Crippen LogP contribution in [-0.4, -0.2) is 11.8 Å². The molecular formula is C11H15NO3. The third-order valence-electron chi connectivity index (χ3n) is 3.61. The summed E-state index contributed by atoms with van der Waals surface area (Å²) in [5, 5.41) is 0. The zero-order valence-electron chi connectivity index (χ0n) is 8.68. The highest BCUT2D eigenvalue weighted by Crippen LogP contribution is 2.45. The first-order valence-electron chi connectivity index (χ1n) is 5.24. The van der Waals surface area contributed by atoms with Crippen molar-refractivity contribution in [3.63, 3.8) is 0 Å². The van der Waals surface area contributed by atoms with Gasteiger partial charge < -0.3 is 4.84 Å². The second kappa shape index (κ2) is 3.77. The van der Waals surface area contributed by atoms with E-state index in [0.29, 0.717) is 0 Å². The van der Waals surface area contributed by atoms with Crippen LogP contribution < -0.4 is 5.90 Å². The van der Waals surface area contributed by atoms with Crippen molar-refractivity contribution in [2.75, 3.05) is 0 Å². The minimum Gasteiger partial charge on any atom is -0.373 e. The lowest BCUT2D eigenvalue weighted by atomic mass is 9.61. The van der Waals surface area contributed by atoms with Crippen LogP contribution in [0.25, 0.3) is 0 Å². The average molecular weight is 209 g/mol. The van der Waals surface area contributed by atoms with Gasteiger partial charge in [-0.05, 0) is 31.6 Å². The molecule has 1 saturated carbocycles. The summed E-state index contributed by atoms with van der Waals surface area (Å²) in [5.74, 6) is 4.24. The second-order valence-electron chi connectivity index (χ2n) is 4.39. The molecule has 3 rings (SSSR count). The van der Waals surface area contributed by atoms with E-state index >= 15 is 0 Å². The molecule has 0 aromatic heterocycles. The Bertz CT molecular complexity index is 324. The molecule has 2 bridgehead atoms. The maximum absolute atomic E-state index is 11.5. The zero-order valence-corrected chi connectivity index (χ0v) is 8.68. The fraction of sp³-hybridized carbons (Fsp3) is 0.636. The highest BCUT2D eigenvalue weighted by molar-refractivity contribution is 5.86. The number of hydrogen-bond acceptors (Lipinski definition) is 4. The maximum atomic E-state index is 11.5. The highest BCUT2D eigenvalue weighted by Gasteiger charge is 2.47. The molecule has 0 aromatic rings. The Morgan fingerprint density at radius 1 is 1.20 bits per heavy atom. The first-order chi connectivity index (χ1) is 7.15. The number of carbonyl (C=O) groups excluding carboxylic acids is 2. The SMILES string of the molecule is CC(=O)C1C2C=CC(CC2)C1C(=O)ON. The van der Waals surface area contributed by atoms with Crippen molar-refractivity contribution in [1.82, 2.24) is 0 Å². The molecule has 3 aliphatic rings. The molecule has 2 N–H and O–H groups in total. The van der Waals surface area contributed by atoms with Gasteiger partial charge in [0.05, 0.1) is 5.92 Å². The van der Waals surface area contributed by atoms with Gasteiger partial charge in [-0.1, -0.05) is 12.2 Å². The molecule has 3 aliphatic carbocycles. The predicted molar refractivity (Wildman–Crippen MR) is 53.3 cm³/mol. The molecule has 0 aliphatic heterocycles. The van der Waals surface area contributed by atoms with Crippen molar-refractivity contribution in [3.05, 3.63) is 12.2 Å². The van der Waals surface area contributed by atoms with Crippen molar-refractivity contribution in [3.8, 4) is 0 Å². The molecule has 0 heterocycles. The largest absolute Gasteiger partial charge is 0.373 e. The molecule has 15 heavy (non-hydrogen) atoms. The zero-order chi connectivity index (χ0) is 11.0. The summed E-state index contributed by atoms with van der Waals surface area (Å²) in [6.07, 6.45) is 6.01. The molecule has 4 atom stereocenters. The van der Waals surface area contributed by atoms with Gasteiger partial charge in [0.2, 0.25) is 0 Å². The molecule has 0 aromatic carbocycles. The van der Waals surface area contributed by atoms with E-state index in [0.717, 1.165) is 12.8 Å². The molecular weight excluding hydrogens is 194 g/mol. The third-order valence-corrected chi connectivity index (χ3v) is 3.61. The molecule has 4 unspecified atom stereocenters. The van der Waals surface area contributed by atoms with E-state index in [2.05, 4.69) is 10.9 Å². The molecule has 82 valence electrons. The van der Waals surface area contributed by atoms with E-state index in [1.54, 1.807) is 0 Å². The van der Waals surface area contributed by atoms with E-state index in [1.165, 1.54) is 6.92 Å². The van der Waals surface area contributed by atoms with Crippen molar-refractivity contribution in [1.29, 1.82) is 0 Å². The maximum Gasteiger partial charge on any atom is 0.328 e. The molecule has 0 saturated heterocycles. The average Bonchev–Trinajstić information content (AvgIpc) is 2.28. The van der Waals surface area contributed by atoms with Gasteiger partial charge in [-0.25, -0.2) is 0 Å². The lowest BCUT2D eigenvalue weighted by molar-refractivity contribution is -0.158. The van der Waals surface area contributed by atoms with E-state index in [4.69, 9.17) is 5.90 Å². The Balaban J connectivity index is 2.30. The summed E-state index contributed by atoms with van der Waals surface area (Å²) in [5.41, 5.74) is 0. The van der Waals surface area contributed by atoms with Gasteiger partial charge in [-0.3, -0.25) is 9.59 Å². The number of hydrogen-bond donors (Lipinski definition) is 1. The van der Waals surface area contributed by atoms with E-state index in [1.807, 2.05) is 6.08 Å². The van der Waals surface area contributed by atoms with Gasteiger partial charge >= 0.3 is 5.97 Å². The smallest absolute Gasteiger partial charge is 0.328 e. The lowest BCUT2D eigenvalue weighted by Crippen LogP contribution is -2.45. The van der Waals surface area contributed by atoms with Crippen molar-refractivity contribution in [2.24, 2.45) is 29.6 Å². The van der Waals surface area contributed by atoms with Gasteiger partial charge in [-0.2, -0.15) is 5.90 Å². The molecule has 0 amide bonds. The Labute approximate surface area is 88.4 Å². The summed E-state index contributed by atoms with van der Waals surface area (Å²) >= 11 is 0. The Morgan fingerprint density at radius 2 is 1.73 bits per heavy atom. The Hall–Kier alpha value is -1.16. The highest BCUT2D eigenvalue weighted by atomic mass is 16.7. The van der Waals surface area contributed by atoms with Crippen molar-refractivity contribution >= 4 is 11.8 Å². The summed E-state index contributed by atoms with van der Waals surface area (Å²) in [6.45, 7) is 1.54. The normalized spacial score (nSPS) is 37.7. The third kappa shape index (κ3) is 1.59. The van der Waals surface area contributed by atoms with Crippen LogP contribution in [0.3, 0.4) is 0 Å². The van der Waals surface area contributed by atoms with Crippen LogP contribution >= 0.6 is 0 Å². The van der Waals surface area contributed by atoms with Crippen LogP contribution in [-0.2, 0) is 14.4 Å². The summed E-state index contributed by atoms with van der Waals surface area (Å²) in [6, 6.07) is 0. The lowest BCUT2D eigenvalue weighted by Gasteiger charge is -2.41. The number of ketones is 1. The Morgan fingerprint density at radius 3 is 2.13 bits per heavy atom. The van der Waals surface area contributed by atoms with Gasteiger partial charge in [0.1, 0.15) is 5.78 Å². The summed E-state index contributed by atoms with van der Waals surface area (Å²) in [7, 11) is 0. The van der Waals surface area contributed by atoms with E-state index < -0.39 is 5.97 Å². The molecule has 0 spiro atoms. The van der Waals surface area contributed by atoms with Crippen LogP contribution in [0.1, 0.15) is 19.8 Å². The van der Waals surface area contributed by atoms with Gasteiger partial charge in [0.15, 0.2) is 0 Å². The standard InChI is InChI=1S/C11H15NO3/c1-6(13)9-7-2-4-8(5-3-7)10(9)11(14)15-12/h2,4,7-10H,3,5,12H2,1H3. The number of allylic oxidation sites excluding steroid dienone is 2. The fourth-order valence-electron chi connectivity index (χ4n) is 2.95. The van der Waals surface area contributed by atoms with Crippen molar-refractivity contribution < 1.29 is 14.4 Å². The predicted octanol–water partition coefficient (Wildman–Crippen LogP) is 0.821. The molecule has 4 nitrogen and oxygen atoms in total. The van der Waals surface area contributed by atoms with Crippen LogP contribution in [0, 0.1) is 23.7 Å². The second-order valence-corrected chi connectivity index (χ2v) is 4.39. The Kier molecular flexibility index (Phi) is 2.61. The first kappa shape index (κ1) is 10.4. The van der Waals surface area contributed by atoms with E-state index in [9.17, 15) is 9.59 Å². The minimum absolute atomic E-state index is 0.0597. The summed E-state index contributed by atoms with van der Waals surface area (Å²) in [4.78, 5) is 27.4. The van der Waals surface area contributed by atoms with Crippen LogP contribution in [0.5, 0.6) is 0 Å². The summed E-state index contributed by atoms with van der Waals surface area (Å²) < 4.78 is 0. The monoisotopic (exact) mass is 209 g/mol. The number of nitrogens with two attached hydrogens (primary N) is 1. The van der Waals surface area contributed by atoms with Crippen LogP contribution in [0.2, 0.25) is 0 Å². The molecule has 1 fully saturated rings. The quantitative estimate of drug-likeness (QED) is 0.540. The number of Topliss-reactive ketones (excluding diaryl/α,β-unsaturated/α-hetero) is 1.